The average Bonchev–Trinajstić information content (AvgIpc) is 2.96. The van der Waals surface area contributed by atoms with Gasteiger partial charge in [0.05, 0.1) is 12.8 Å². The van der Waals surface area contributed by atoms with Crippen LogP contribution in [0.15, 0.2) is 46.4 Å². The van der Waals surface area contributed by atoms with Gasteiger partial charge in [-0.3, -0.25) is 4.79 Å². The normalized spacial score (nSPS) is 10.8. The molecule has 0 saturated carbocycles. The predicted molar refractivity (Wildman–Crippen MR) is 63.9 cm³/mol. The van der Waals surface area contributed by atoms with Crippen LogP contribution in [0.3, 0.4) is 0 Å². The van der Waals surface area contributed by atoms with E-state index in [0.29, 0.717) is 12.3 Å². The first kappa shape index (κ1) is 10.7. The summed E-state index contributed by atoms with van der Waals surface area (Å²) in [6.45, 7) is 0.568. The van der Waals surface area contributed by atoms with Gasteiger partial charge >= 0.3 is 0 Å². The molecule has 0 saturated heterocycles. The summed E-state index contributed by atoms with van der Waals surface area (Å²) < 4.78 is 5.07. The number of hydrogen-bond acceptors (Lipinski definition) is 3. The first-order chi connectivity index (χ1) is 7.84. The van der Waals surface area contributed by atoms with Crippen LogP contribution in [0, 0.1) is 0 Å². The third-order valence-corrected chi connectivity index (χ3v) is 2.84. The van der Waals surface area contributed by atoms with Gasteiger partial charge in [-0.05, 0) is 29.7 Å². The number of carbonyl (C=O) groups is 1. The number of nitrogens with one attached hydrogen (secondary N) is 1. The standard InChI is InChI=1S/C12H11NO2S/c14-12(6-5-10-3-1-7-15-10)13-9-11-4-2-8-16-11/h1-8H,9H2,(H,13,14). The summed E-state index contributed by atoms with van der Waals surface area (Å²) >= 11 is 1.62. The molecule has 3 nitrogen and oxygen atoms in total. The lowest BCUT2D eigenvalue weighted by Gasteiger charge is -1.97. The Labute approximate surface area is 97.4 Å². The van der Waals surface area contributed by atoms with E-state index in [0.717, 1.165) is 4.88 Å². The van der Waals surface area contributed by atoms with E-state index in [4.69, 9.17) is 4.42 Å². The van der Waals surface area contributed by atoms with Crippen molar-refractivity contribution in [1.29, 1.82) is 0 Å². The Morgan fingerprint density at radius 3 is 3.06 bits per heavy atom. The molecule has 2 heterocycles. The van der Waals surface area contributed by atoms with Crippen LogP contribution in [0.25, 0.3) is 6.08 Å². The van der Waals surface area contributed by atoms with E-state index >= 15 is 0 Å². The van der Waals surface area contributed by atoms with Gasteiger partial charge in [0.2, 0.25) is 5.91 Å². The van der Waals surface area contributed by atoms with Crippen LogP contribution in [0.1, 0.15) is 10.6 Å². The second-order valence-corrected chi connectivity index (χ2v) is 4.18. The van der Waals surface area contributed by atoms with Gasteiger partial charge in [-0.1, -0.05) is 6.07 Å². The fraction of sp³-hybridized carbons (Fsp3) is 0.0833. The highest BCUT2D eigenvalue weighted by atomic mass is 32.1. The largest absolute Gasteiger partial charge is 0.465 e. The number of furan rings is 1. The lowest BCUT2D eigenvalue weighted by Crippen LogP contribution is -2.19. The highest BCUT2D eigenvalue weighted by Gasteiger charge is 1.97. The van der Waals surface area contributed by atoms with Gasteiger partial charge in [0.25, 0.3) is 0 Å². The zero-order valence-corrected chi connectivity index (χ0v) is 9.37. The molecule has 0 bridgehead atoms. The molecule has 0 radical (unpaired) electrons. The molecule has 4 heteroatoms. The zero-order chi connectivity index (χ0) is 11.2. The van der Waals surface area contributed by atoms with Crippen LogP contribution in [0.5, 0.6) is 0 Å². The summed E-state index contributed by atoms with van der Waals surface area (Å²) in [5, 5.41) is 4.78. The molecule has 2 aromatic rings. The molecule has 1 N–H and O–H groups in total. The Hall–Kier alpha value is -1.81. The van der Waals surface area contributed by atoms with Gasteiger partial charge in [0, 0.05) is 11.0 Å². The van der Waals surface area contributed by atoms with E-state index in [2.05, 4.69) is 5.32 Å². The van der Waals surface area contributed by atoms with Gasteiger partial charge in [-0.15, -0.1) is 11.3 Å². The number of carbonyl (C=O) groups excluding carboxylic acids is 1. The number of amides is 1. The molecular formula is C12H11NO2S. The monoisotopic (exact) mass is 233 g/mol. The minimum absolute atomic E-state index is 0.121. The highest BCUT2D eigenvalue weighted by molar-refractivity contribution is 7.09. The van der Waals surface area contributed by atoms with Gasteiger partial charge in [0.1, 0.15) is 5.76 Å². The molecule has 0 aromatic carbocycles. The third kappa shape index (κ3) is 3.10. The Morgan fingerprint density at radius 1 is 1.44 bits per heavy atom. The Kier molecular flexibility index (Phi) is 3.56. The van der Waals surface area contributed by atoms with Gasteiger partial charge in [-0.25, -0.2) is 0 Å². The molecule has 0 spiro atoms. The van der Waals surface area contributed by atoms with E-state index in [9.17, 15) is 4.79 Å². The molecule has 0 unspecified atom stereocenters. The highest BCUT2D eigenvalue weighted by Crippen LogP contribution is 2.07. The topological polar surface area (TPSA) is 42.2 Å². The lowest BCUT2D eigenvalue weighted by molar-refractivity contribution is -0.116. The van der Waals surface area contributed by atoms with Crippen LogP contribution >= 0.6 is 11.3 Å². The van der Waals surface area contributed by atoms with Crippen molar-refractivity contribution in [3.8, 4) is 0 Å². The van der Waals surface area contributed by atoms with Crippen LogP contribution in [-0.2, 0) is 11.3 Å². The Bertz CT molecular complexity index is 457. The molecule has 2 aromatic heterocycles. The zero-order valence-electron chi connectivity index (χ0n) is 8.55. The van der Waals surface area contributed by atoms with Gasteiger partial charge < -0.3 is 9.73 Å². The molecule has 16 heavy (non-hydrogen) atoms. The van der Waals surface area contributed by atoms with Crippen molar-refractivity contribution in [2.45, 2.75) is 6.54 Å². The Balaban J connectivity index is 1.81. The first-order valence-corrected chi connectivity index (χ1v) is 5.74. The van der Waals surface area contributed by atoms with E-state index in [1.165, 1.54) is 6.08 Å². The second kappa shape index (κ2) is 5.32. The molecule has 82 valence electrons. The summed E-state index contributed by atoms with van der Waals surface area (Å²) in [6.07, 6.45) is 4.68. The number of hydrogen-bond donors (Lipinski definition) is 1. The predicted octanol–water partition coefficient (Wildman–Crippen LogP) is 2.67. The van der Waals surface area contributed by atoms with Crippen molar-refractivity contribution < 1.29 is 9.21 Å². The van der Waals surface area contributed by atoms with Crippen molar-refractivity contribution >= 4 is 23.3 Å². The molecule has 0 atom stereocenters. The number of rotatable bonds is 4. The van der Waals surface area contributed by atoms with E-state index in [-0.39, 0.29) is 5.91 Å². The van der Waals surface area contributed by atoms with Crippen LogP contribution < -0.4 is 5.32 Å². The molecule has 0 aliphatic carbocycles. The van der Waals surface area contributed by atoms with E-state index < -0.39 is 0 Å². The van der Waals surface area contributed by atoms with E-state index in [1.807, 2.05) is 17.5 Å². The first-order valence-electron chi connectivity index (χ1n) is 4.86. The molecule has 0 aliphatic rings. The van der Waals surface area contributed by atoms with Crippen molar-refractivity contribution in [2.24, 2.45) is 0 Å². The molecule has 2 rings (SSSR count). The van der Waals surface area contributed by atoms with Crippen molar-refractivity contribution in [2.75, 3.05) is 0 Å². The summed E-state index contributed by atoms with van der Waals surface area (Å²) in [5.74, 6) is 0.552. The minimum Gasteiger partial charge on any atom is -0.465 e. The fourth-order valence-corrected chi connectivity index (χ4v) is 1.83. The molecule has 0 aliphatic heterocycles. The molecular weight excluding hydrogens is 222 g/mol. The van der Waals surface area contributed by atoms with Crippen molar-refractivity contribution in [3.05, 3.63) is 52.6 Å². The lowest BCUT2D eigenvalue weighted by atomic mass is 10.4. The quantitative estimate of drug-likeness (QED) is 0.825. The second-order valence-electron chi connectivity index (χ2n) is 3.15. The smallest absolute Gasteiger partial charge is 0.244 e. The summed E-state index contributed by atoms with van der Waals surface area (Å²) in [5.41, 5.74) is 0. The maximum absolute atomic E-state index is 11.4. The maximum atomic E-state index is 11.4. The molecule has 1 amide bonds. The maximum Gasteiger partial charge on any atom is 0.244 e. The summed E-state index contributed by atoms with van der Waals surface area (Å²) in [4.78, 5) is 12.5. The van der Waals surface area contributed by atoms with Crippen molar-refractivity contribution in [1.82, 2.24) is 5.32 Å². The SMILES string of the molecule is O=C(C=Cc1ccco1)NCc1cccs1. The van der Waals surface area contributed by atoms with Crippen molar-refractivity contribution in [3.63, 3.8) is 0 Å². The van der Waals surface area contributed by atoms with Gasteiger partial charge in [0.15, 0.2) is 0 Å². The average molecular weight is 233 g/mol. The minimum atomic E-state index is -0.121. The number of thiophene rings is 1. The summed E-state index contributed by atoms with van der Waals surface area (Å²) in [7, 11) is 0. The van der Waals surface area contributed by atoms with E-state index in [1.54, 1.807) is 35.8 Å². The van der Waals surface area contributed by atoms with Gasteiger partial charge in [-0.2, -0.15) is 0 Å². The molecule has 0 fully saturated rings. The third-order valence-electron chi connectivity index (χ3n) is 1.96. The van der Waals surface area contributed by atoms with Crippen LogP contribution in [0.4, 0.5) is 0 Å². The van der Waals surface area contributed by atoms with Crippen LogP contribution in [0.2, 0.25) is 0 Å². The van der Waals surface area contributed by atoms with Crippen LogP contribution in [-0.4, -0.2) is 5.91 Å². The summed E-state index contributed by atoms with van der Waals surface area (Å²) in [6, 6.07) is 7.53. The Morgan fingerprint density at radius 2 is 2.38 bits per heavy atom. The fourth-order valence-electron chi connectivity index (χ4n) is 1.19.